The summed E-state index contributed by atoms with van der Waals surface area (Å²) < 4.78 is 16.4. The van der Waals surface area contributed by atoms with Gasteiger partial charge in [0.2, 0.25) is 5.91 Å². The van der Waals surface area contributed by atoms with Crippen molar-refractivity contribution in [3.05, 3.63) is 66.6 Å². The summed E-state index contributed by atoms with van der Waals surface area (Å²) in [6.45, 7) is 0. The van der Waals surface area contributed by atoms with E-state index >= 15 is 0 Å². The number of anilines is 1. The monoisotopic (exact) mass is 333 g/mol. The van der Waals surface area contributed by atoms with Gasteiger partial charge in [-0.1, -0.05) is 18.2 Å². The average Bonchev–Trinajstić information content (AvgIpc) is 3.26. The number of fused-ring (bicyclic) bond motifs is 3. The molecule has 0 fully saturated rings. The molecule has 1 amide bonds. The largest absolute Gasteiger partial charge is 0.495 e. The maximum absolute atomic E-state index is 12.2. The predicted octanol–water partition coefficient (Wildman–Crippen LogP) is 4.84. The number of para-hydroxylation sites is 1. The summed E-state index contributed by atoms with van der Waals surface area (Å²) in [6.07, 6.45) is 4.55. The van der Waals surface area contributed by atoms with E-state index in [1.807, 2.05) is 30.3 Å². The molecular weight excluding hydrogens is 318 g/mol. The van der Waals surface area contributed by atoms with Gasteiger partial charge in [0.1, 0.15) is 22.7 Å². The smallest absolute Gasteiger partial charge is 0.248 e. The van der Waals surface area contributed by atoms with Crippen LogP contribution in [0.4, 0.5) is 5.69 Å². The third-order valence-corrected chi connectivity index (χ3v) is 3.90. The lowest BCUT2D eigenvalue weighted by Crippen LogP contribution is -2.08. The molecule has 2 heterocycles. The second-order valence-electron chi connectivity index (χ2n) is 5.48. The van der Waals surface area contributed by atoms with Crippen LogP contribution in [0.5, 0.6) is 5.75 Å². The molecule has 0 aliphatic carbocycles. The molecule has 5 heteroatoms. The molecule has 1 N–H and O–H groups in total. The average molecular weight is 333 g/mol. The van der Waals surface area contributed by atoms with Crippen molar-refractivity contribution in [2.75, 3.05) is 12.4 Å². The predicted molar refractivity (Wildman–Crippen MR) is 96.6 cm³/mol. The Bertz CT molecular complexity index is 1070. The number of hydrogen-bond donors (Lipinski definition) is 1. The van der Waals surface area contributed by atoms with Crippen LogP contribution in [0.1, 0.15) is 5.76 Å². The molecule has 2 aromatic carbocycles. The zero-order chi connectivity index (χ0) is 17.2. The molecule has 0 saturated heterocycles. The van der Waals surface area contributed by atoms with E-state index in [2.05, 4.69) is 5.32 Å². The fourth-order valence-electron chi connectivity index (χ4n) is 2.74. The van der Waals surface area contributed by atoms with Crippen molar-refractivity contribution in [3.8, 4) is 5.75 Å². The zero-order valence-electron chi connectivity index (χ0n) is 13.5. The number of amides is 1. The molecule has 0 unspecified atom stereocenters. The quantitative estimate of drug-likeness (QED) is 0.543. The van der Waals surface area contributed by atoms with E-state index in [4.69, 9.17) is 13.6 Å². The number of methoxy groups -OCH3 is 1. The minimum atomic E-state index is -0.287. The molecule has 0 radical (unpaired) electrons. The van der Waals surface area contributed by atoms with Crippen LogP contribution in [-0.2, 0) is 4.79 Å². The van der Waals surface area contributed by atoms with Gasteiger partial charge in [-0.15, -0.1) is 0 Å². The topological polar surface area (TPSA) is 64.6 Å². The Morgan fingerprint density at radius 1 is 1.08 bits per heavy atom. The summed E-state index contributed by atoms with van der Waals surface area (Å²) in [5.41, 5.74) is 2.02. The van der Waals surface area contributed by atoms with E-state index in [9.17, 15) is 4.79 Å². The number of benzene rings is 2. The van der Waals surface area contributed by atoms with Crippen molar-refractivity contribution in [3.63, 3.8) is 0 Å². The van der Waals surface area contributed by atoms with Gasteiger partial charge in [0, 0.05) is 22.9 Å². The van der Waals surface area contributed by atoms with Crippen LogP contribution in [0.15, 0.2) is 69.7 Å². The lowest BCUT2D eigenvalue weighted by Gasteiger charge is -2.08. The highest BCUT2D eigenvalue weighted by atomic mass is 16.5. The maximum Gasteiger partial charge on any atom is 0.248 e. The molecule has 5 nitrogen and oxygen atoms in total. The first kappa shape index (κ1) is 15.1. The Kier molecular flexibility index (Phi) is 3.74. The fourth-order valence-corrected chi connectivity index (χ4v) is 2.74. The second-order valence-corrected chi connectivity index (χ2v) is 5.48. The number of ether oxygens (including phenoxy) is 1. The molecule has 4 aromatic rings. The van der Waals surface area contributed by atoms with Crippen LogP contribution in [0, 0.1) is 0 Å². The first-order chi connectivity index (χ1) is 12.2. The summed E-state index contributed by atoms with van der Waals surface area (Å²) >= 11 is 0. The van der Waals surface area contributed by atoms with Crippen LogP contribution >= 0.6 is 0 Å². The lowest BCUT2D eigenvalue weighted by molar-refractivity contribution is -0.111. The molecular formula is C20H15NO4. The van der Waals surface area contributed by atoms with E-state index in [-0.39, 0.29) is 5.91 Å². The van der Waals surface area contributed by atoms with Crippen molar-refractivity contribution in [1.29, 1.82) is 0 Å². The number of carbonyl (C=O) groups excluding carboxylic acids is 1. The summed E-state index contributed by atoms with van der Waals surface area (Å²) in [7, 11) is 1.57. The number of carbonyl (C=O) groups is 1. The summed E-state index contributed by atoms with van der Waals surface area (Å²) in [4.78, 5) is 12.2. The summed E-state index contributed by atoms with van der Waals surface area (Å²) in [6, 6.07) is 14.9. The summed E-state index contributed by atoms with van der Waals surface area (Å²) in [5.74, 6) is 0.888. The number of hydrogen-bond acceptors (Lipinski definition) is 4. The van der Waals surface area contributed by atoms with Crippen molar-refractivity contribution < 1.29 is 18.4 Å². The molecule has 0 spiro atoms. The lowest BCUT2D eigenvalue weighted by atomic mass is 10.1. The molecule has 0 atom stereocenters. The molecule has 0 aliphatic rings. The van der Waals surface area contributed by atoms with Gasteiger partial charge >= 0.3 is 0 Å². The van der Waals surface area contributed by atoms with Crippen LogP contribution in [-0.4, -0.2) is 13.0 Å². The van der Waals surface area contributed by atoms with E-state index < -0.39 is 0 Å². The normalized spacial score (nSPS) is 11.4. The molecule has 4 rings (SSSR count). The first-order valence-corrected chi connectivity index (χ1v) is 7.76. The first-order valence-electron chi connectivity index (χ1n) is 7.76. The molecule has 0 aliphatic heterocycles. The van der Waals surface area contributed by atoms with Crippen molar-refractivity contribution in [2.24, 2.45) is 0 Å². The van der Waals surface area contributed by atoms with E-state index in [0.717, 1.165) is 16.4 Å². The summed E-state index contributed by atoms with van der Waals surface area (Å²) in [5, 5.41) is 4.76. The van der Waals surface area contributed by atoms with Crippen LogP contribution < -0.4 is 10.1 Å². The molecule has 0 saturated carbocycles. The van der Waals surface area contributed by atoms with Crippen molar-refractivity contribution >= 4 is 39.6 Å². The standard InChI is InChI=1S/C20H15NO4/c1-23-19-11-15-14-6-2-3-7-17(14)25-18(15)12-16(19)21-20(22)9-8-13-5-4-10-24-13/h2-12H,1H3,(H,21,22)/b9-8-. The molecule has 124 valence electrons. The second kappa shape index (κ2) is 6.20. The minimum absolute atomic E-state index is 0.287. The van der Waals surface area contributed by atoms with Crippen molar-refractivity contribution in [1.82, 2.24) is 0 Å². The SMILES string of the molecule is COc1cc2c(cc1NC(=O)/C=C\c1ccco1)oc1ccccc12. The van der Waals surface area contributed by atoms with E-state index in [0.29, 0.717) is 22.8 Å². The van der Waals surface area contributed by atoms with Gasteiger partial charge in [0.15, 0.2) is 0 Å². The van der Waals surface area contributed by atoms with E-state index in [1.165, 1.54) is 6.08 Å². The van der Waals surface area contributed by atoms with Gasteiger partial charge in [-0.05, 0) is 30.3 Å². The Morgan fingerprint density at radius 2 is 1.96 bits per heavy atom. The van der Waals surface area contributed by atoms with Crippen LogP contribution in [0.3, 0.4) is 0 Å². The highest BCUT2D eigenvalue weighted by Crippen LogP contribution is 2.36. The zero-order valence-corrected chi connectivity index (χ0v) is 13.5. The van der Waals surface area contributed by atoms with Crippen molar-refractivity contribution in [2.45, 2.75) is 0 Å². The van der Waals surface area contributed by atoms with Gasteiger partial charge < -0.3 is 18.9 Å². The van der Waals surface area contributed by atoms with Crippen LogP contribution in [0.25, 0.3) is 28.0 Å². The Hall–Kier alpha value is -3.47. The molecule has 25 heavy (non-hydrogen) atoms. The van der Waals surface area contributed by atoms with Gasteiger partial charge in [-0.25, -0.2) is 0 Å². The molecule has 2 aromatic heterocycles. The highest BCUT2D eigenvalue weighted by molar-refractivity contribution is 6.09. The third-order valence-electron chi connectivity index (χ3n) is 3.90. The van der Waals surface area contributed by atoms with Gasteiger partial charge in [0.05, 0.1) is 19.1 Å². The van der Waals surface area contributed by atoms with Crippen LogP contribution in [0.2, 0.25) is 0 Å². The van der Waals surface area contributed by atoms with E-state index in [1.54, 1.807) is 37.6 Å². The number of furan rings is 2. The third kappa shape index (κ3) is 2.87. The number of rotatable bonds is 4. The minimum Gasteiger partial charge on any atom is -0.495 e. The van der Waals surface area contributed by atoms with Gasteiger partial charge in [-0.2, -0.15) is 0 Å². The number of nitrogens with one attached hydrogen (secondary N) is 1. The molecule has 0 bridgehead atoms. The van der Waals surface area contributed by atoms with Gasteiger partial charge in [-0.3, -0.25) is 4.79 Å². The Morgan fingerprint density at radius 3 is 2.76 bits per heavy atom. The Labute approximate surface area is 143 Å². The highest BCUT2D eigenvalue weighted by Gasteiger charge is 2.13. The Balaban J connectivity index is 1.68. The fraction of sp³-hybridized carbons (Fsp3) is 0.0500. The van der Waals surface area contributed by atoms with Gasteiger partial charge in [0.25, 0.3) is 0 Å². The maximum atomic E-state index is 12.2.